The molecule has 1 N–H and O–H groups in total. The third-order valence-corrected chi connectivity index (χ3v) is 8.46. The van der Waals surface area contributed by atoms with Crippen molar-refractivity contribution in [2.24, 2.45) is 5.92 Å². The van der Waals surface area contributed by atoms with Gasteiger partial charge in [-0.15, -0.1) is 0 Å². The van der Waals surface area contributed by atoms with Crippen molar-refractivity contribution in [3.8, 4) is 0 Å². The van der Waals surface area contributed by atoms with Gasteiger partial charge in [0.05, 0.1) is 16.4 Å². The van der Waals surface area contributed by atoms with Crippen molar-refractivity contribution in [3.05, 3.63) is 29.8 Å². The Morgan fingerprint density at radius 3 is 2.31 bits per heavy atom. The molecule has 1 fully saturated rings. The summed E-state index contributed by atoms with van der Waals surface area (Å²) in [5.41, 5.74) is 0.788. The third kappa shape index (κ3) is 5.28. The Bertz CT molecular complexity index is 828. The summed E-state index contributed by atoms with van der Waals surface area (Å²) in [7, 11) is -6.47. The van der Waals surface area contributed by atoms with Gasteiger partial charge in [0, 0.05) is 26.1 Å². The first kappa shape index (κ1) is 20.9. The summed E-state index contributed by atoms with van der Waals surface area (Å²) in [6.07, 6.45) is 0.737. The zero-order valence-electron chi connectivity index (χ0n) is 15.1. The second-order valence-corrected chi connectivity index (χ2v) is 10.6. The first-order chi connectivity index (χ1) is 12.2. The molecule has 0 aromatic heterocycles. The van der Waals surface area contributed by atoms with E-state index in [1.165, 1.54) is 4.31 Å². The zero-order chi connectivity index (χ0) is 19.4. The zero-order valence-corrected chi connectivity index (χ0v) is 16.8. The number of carbonyl (C=O) groups is 1. The maximum Gasteiger partial charge on any atom is 0.243 e. The van der Waals surface area contributed by atoms with Crippen LogP contribution in [0, 0.1) is 5.92 Å². The predicted molar refractivity (Wildman–Crippen MR) is 99.8 cm³/mol. The monoisotopic (exact) mass is 402 g/mol. The van der Waals surface area contributed by atoms with Crippen molar-refractivity contribution >= 4 is 25.8 Å². The minimum absolute atomic E-state index is 0.0817. The van der Waals surface area contributed by atoms with Crippen molar-refractivity contribution in [2.45, 2.75) is 38.1 Å². The Kier molecular flexibility index (Phi) is 6.81. The van der Waals surface area contributed by atoms with Gasteiger partial charge in [0.25, 0.3) is 0 Å². The highest BCUT2D eigenvalue weighted by atomic mass is 32.2. The van der Waals surface area contributed by atoms with E-state index in [0.29, 0.717) is 19.5 Å². The number of amides is 1. The van der Waals surface area contributed by atoms with Gasteiger partial charge in [-0.25, -0.2) is 16.8 Å². The van der Waals surface area contributed by atoms with E-state index in [1.54, 1.807) is 38.1 Å². The Balaban J connectivity index is 1.90. The van der Waals surface area contributed by atoms with Gasteiger partial charge in [0.2, 0.25) is 15.9 Å². The minimum atomic E-state index is -3.49. The molecule has 7 nitrogen and oxygen atoms in total. The van der Waals surface area contributed by atoms with Crippen LogP contribution >= 0.6 is 0 Å². The van der Waals surface area contributed by atoms with Gasteiger partial charge in [-0.05, 0) is 30.0 Å². The van der Waals surface area contributed by atoms with E-state index in [2.05, 4.69) is 5.32 Å². The number of rotatable bonds is 8. The number of nitrogens with zero attached hydrogens (tertiary/aromatic N) is 1. The van der Waals surface area contributed by atoms with Gasteiger partial charge in [-0.2, -0.15) is 4.31 Å². The standard InChI is InChI=1S/C17H26N2O5S2/c1-3-19(4-2)26(23,24)16-7-5-14(6-8-16)12-18-17(20)11-15-9-10-25(21,22)13-15/h5-8,15H,3-4,9-13H2,1-2H3,(H,18,20)/t15-/m0/s1. The van der Waals surface area contributed by atoms with E-state index < -0.39 is 19.9 Å². The molecule has 146 valence electrons. The number of nitrogens with one attached hydrogen (secondary N) is 1. The van der Waals surface area contributed by atoms with Crippen LogP contribution < -0.4 is 5.32 Å². The van der Waals surface area contributed by atoms with Crippen LogP contribution in [0.25, 0.3) is 0 Å². The number of carbonyl (C=O) groups excluding carboxylic acids is 1. The highest BCUT2D eigenvalue weighted by Crippen LogP contribution is 2.21. The summed E-state index contributed by atoms with van der Waals surface area (Å²) in [5.74, 6) is -0.0558. The van der Waals surface area contributed by atoms with E-state index >= 15 is 0 Å². The lowest BCUT2D eigenvalue weighted by atomic mass is 10.1. The van der Waals surface area contributed by atoms with Crippen molar-refractivity contribution in [2.75, 3.05) is 24.6 Å². The lowest BCUT2D eigenvalue weighted by Gasteiger charge is -2.18. The van der Waals surface area contributed by atoms with Crippen LogP contribution in [0.2, 0.25) is 0 Å². The number of sulfonamides is 1. The molecule has 0 unspecified atom stereocenters. The molecular weight excluding hydrogens is 376 g/mol. The number of hydrogen-bond donors (Lipinski definition) is 1. The van der Waals surface area contributed by atoms with Crippen LogP contribution in [0.15, 0.2) is 29.2 Å². The fourth-order valence-corrected chi connectivity index (χ4v) is 6.38. The second kappa shape index (κ2) is 8.49. The van der Waals surface area contributed by atoms with Crippen LogP contribution in [0.4, 0.5) is 0 Å². The molecule has 1 saturated heterocycles. The molecule has 1 aliphatic heterocycles. The molecule has 0 aliphatic carbocycles. The van der Waals surface area contributed by atoms with E-state index in [4.69, 9.17) is 0 Å². The summed E-state index contributed by atoms with van der Waals surface area (Å²) < 4.78 is 49.1. The fourth-order valence-electron chi connectivity index (χ4n) is 3.06. The molecule has 1 atom stereocenters. The maximum absolute atomic E-state index is 12.4. The molecule has 1 heterocycles. The Labute approximate surface area is 155 Å². The smallest absolute Gasteiger partial charge is 0.243 e. The van der Waals surface area contributed by atoms with Crippen LogP contribution in [-0.4, -0.2) is 51.6 Å². The second-order valence-electron chi connectivity index (χ2n) is 6.48. The van der Waals surface area contributed by atoms with Crippen LogP contribution in [0.3, 0.4) is 0 Å². The van der Waals surface area contributed by atoms with Crippen LogP contribution in [0.5, 0.6) is 0 Å². The molecule has 0 radical (unpaired) electrons. The molecule has 1 amide bonds. The van der Waals surface area contributed by atoms with Gasteiger partial charge in [0.15, 0.2) is 9.84 Å². The quantitative estimate of drug-likeness (QED) is 0.703. The van der Waals surface area contributed by atoms with Gasteiger partial charge < -0.3 is 5.32 Å². The lowest BCUT2D eigenvalue weighted by molar-refractivity contribution is -0.122. The molecule has 1 aromatic carbocycles. The van der Waals surface area contributed by atoms with E-state index in [-0.39, 0.29) is 41.2 Å². The summed E-state index contributed by atoms with van der Waals surface area (Å²) in [4.78, 5) is 12.2. The molecule has 9 heteroatoms. The summed E-state index contributed by atoms with van der Waals surface area (Å²) in [5, 5.41) is 2.76. The highest BCUT2D eigenvalue weighted by Gasteiger charge is 2.29. The van der Waals surface area contributed by atoms with Crippen LogP contribution in [0.1, 0.15) is 32.3 Å². The van der Waals surface area contributed by atoms with Gasteiger partial charge in [-0.1, -0.05) is 26.0 Å². The molecule has 1 aliphatic rings. The fraction of sp³-hybridized carbons (Fsp3) is 0.588. The number of hydrogen-bond acceptors (Lipinski definition) is 5. The van der Waals surface area contributed by atoms with Gasteiger partial charge in [-0.3, -0.25) is 4.79 Å². The third-order valence-electron chi connectivity index (χ3n) is 4.56. The first-order valence-electron chi connectivity index (χ1n) is 8.74. The van der Waals surface area contributed by atoms with E-state index in [1.807, 2.05) is 0 Å². The summed E-state index contributed by atoms with van der Waals surface area (Å²) in [6.45, 7) is 4.69. The van der Waals surface area contributed by atoms with E-state index in [0.717, 1.165) is 5.56 Å². The normalized spacial score (nSPS) is 19.6. The molecule has 2 rings (SSSR count). The minimum Gasteiger partial charge on any atom is -0.352 e. The average molecular weight is 403 g/mol. The summed E-state index contributed by atoms with van der Waals surface area (Å²) >= 11 is 0. The molecule has 1 aromatic rings. The Morgan fingerprint density at radius 1 is 1.19 bits per heavy atom. The van der Waals surface area contributed by atoms with Crippen molar-refractivity contribution in [3.63, 3.8) is 0 Å². The number of sulfone groups is 1. The topological polar surface area (TPSA) is 101 Å². The largest absolute Gasteiger partial charge is 0.352 e. The molecular formula is C17H26N2O5S2. The van der Waals surface area contributed by atoms with Gasteiger partial charge in [0.1, 0.15) is 0 Å². The van der Waals surface area contributed by atoms with Gasteiger partial charge >= 0.3 is 0 Å². The maximum atomic E-state index is 12.4. The summed E-state index contributed by atoms with van der Waals surface area (Å²) in [6, 6.07) is 6.44. The molecule has 0 bridgehead atoms. The van der Waals surface area contributed by atoms with Crippen LogP contribution in [-0.2, 0) is 31.2 Å². The predicted octanol–water partition coefficient (Wildman–Crippen LogP) is 1.16. The molecule has 0 spiro atoms. The van der Waals surface area contributed by atoms with Crippen molar-refractivity contribution in [1.82, 2.24) is 9.62 Å². The van der Waals surface area contributed by atoms with Crippen molar-refractivity contribution < 1.29 is 21.6 Å². The van der Waals surface area contributed by atoms with Crippen molar-refractivity contribution in [1.29, 1.82) is 0 Å². The Hall–Kier alpha value is -1.45. The first-order valence-corrected chi connectivity index (χ1v) is 12.0. The molecule has 0 saturated carbocycles. The number of benzene rings is 1. The average Bonchev–Trinajstić information content (AvgIpc) is 2.92. The SMILES string of the molecule is CCN(CC)S(=O)(=O)c1ccc(CNC(=O)C[C@@H]2CCS(=O)(=O)C2)cc1. The lowest BCUT2D eigenvalue weighted by Crippen LogP contribution is -2.30. The Morgan fingerprint density at radius 2 is 1.81 bits per heavy atom. The van der Waals surface area contributed by atoms with E-state index in [9.17, 15) is 21.6 Å². The highest BCUT2D eigenvalue weighted by molar-refractivity contribution is 7.91. The molecule has 26 heavy (non-hydrogen) atoms.